The molecule has 1 aliphatic heterocycles. The Morgan fingerprint density at radius 3 is 2.25 bits per heavy atom. The largest absolute Gasteiger partial charge is 0.386 e. The first kappa shape index (κ1) is 28.4. The number of nitrogens with zero attached hydrogens (tertiary/aromatic N) is 5. The molecule has 4 rings (SSSR count). The molecule has 9 nitrogen and oxygen atoms in total. The van der Waals surface area contributed by atoms with Gasteiger partial charge in [-0.2, -0.15) is 5.10 Å². The Morgan fingerprint density at radius 2 is 1.72 bits per heavy atom. The lowest BCUT2D eigenvalue weighted by atomic mass is 10.1. The van der Waals surface area contributed by atoms with Gasteiger partial charge in [0.05, 0.1) is 17.1 Å². The van der Waals surface area contributed by atoms with E-state index < -0.39 is 0 Å². The Hall–Kier alpha value is -3.79. The van der Waals surface area contributed by atoms with Crippen molar-refractivity contribution in [3.05, 3.63) is 65.0 Å². The summed E-state index contributed by atoms with van der Waals surface area (Å²) in [5, 5.41) is 9.65. The Balaban J connectivity index is 0.000000694. The van der Waals surface area contributed by atoms with E-state index in [4.69, 9.17) is 9.59 Å². The second-order valence-corrected chi connectivity index (χ2v) is 8.34. The third-order valence-electron chi connectivity index (χ3n) is 5.87. The molecule has 0 radical (unpaired) electrons. The highest BCUT2D eigenvalue weighted by Crippen LogP contribution is 2.27. The number of amides is 1. The molecule has 1 fully saturated rings. The van der Waals surface area contributed by atoms with Crippen molar-refractivity contribution in [1.29, 1.82) is 0 Å². The van der Waals surface area contributed by atoms with Gasteiger partial charge in [-0.3, -0.25) is 14.7 Å². The van der Waals surface area contributed by atoms with Gasteiger partial charge < -0.3 is 20.3 Å². The van der Waals surface area contributed by atoms with Crippen LogP contribution in [-0.4, -0.2) is 73.1 Å². The van der Waals surface area contributed by atoms with E-state index in [-0.39, 0.29) is 5.82 Å². The van der Waals surface area contributed by atoms with Crippen LogP contribution in [0.15, 0.2) is 36.5 Å². The topological polar surface area (TPSA) is 95.4 Å². The van der Waals surface area contributed by atoms with Crippen LogP contribution in [0.5, 0.6) is 0 Å². The van der Waals surface area contributed by atoms with Crippen molar-refractivity contribution in [2.45, 2.75) is 27.3 Å². The van der Waals surface area contributed by atoms with E-state index in [1.54, 1.807) is 24.0 Å². The Kier molecular flexibility index (Phi) is 11.0. The maximum absolute atomic E-state index is 15.0. The van der Waals surface area contributed by atoms with Crippen LogP contribution < -0.4 is 15.5 Å². The average Bonchev–Trinajstić information content (AvgIpc) is 3.31. The van der Waals surface area contributed by atoms with E-state index in [2.05, 4.69) is 49.6 Å². The molecule has 1 aliphatic rings. The van der Waals surface area contributed by atoms with Gasteiger partial charge in [-0.05, 0) is 56.7 Å². The molecule has 2 aromatic heterocycles. The summed E-state index contributed by atoms with van der Waals surface area (Å²) in [6.07, 6.45) is 2.31. The van der Waals surface area contributed by atoms with Crippen molar-refractivity contribution in [1.82, 2.24) is 25.0 Å². The van der Waals surface area contributed by atoms with Crippen LogP contribution in [0.4, 0.5) is 15.8 Å². The number of carbonyl (C=O) groups is 2. The van der Waals surface area contributed by atoms with Crippen molar-refractivity contribution in [2.24, 2.45) is 0 Å². The van der Waals surface area contributed by atoms with Gasteiger partial charge in [0.15, 0.2) is 5.82 Å². The van der Waals surface area contributed by atoms with Gasteiger partial charge in [0.25, 0.3) is 0 Å². The number of carbonyl (C=O) groups excluding carboxylic acids is 2. The van der Waals surface area contributed by atoms with Gasteiger partial charge in [0.1, 0.15) is 12.5 Å². The monoisotopic (exact) mass is 497 g/mol. The Morgan fingerprint density at radius 1 is 1.06 bits per heavy atom. The zero-order valence-electron chi connectivity index (χ0n) is 21.7. The number of halogens is 1. The molecule has 194 valence electrons. The Bertz CT molecular complexity index is 1130. The normalized spacial score (nSPS) is 13.1. The number of hydrogen-bond donors (Lipinski definition) is 2. The number of rotatable bonds is 6. The first-order valence-electron chi connectivity index (χ1n) is 11.7. The zero-order valence-corrected chi connectivity index (χ0v) is 21.7. The predicted molar refractivity (Wildman–Crippen MR) is 141 cm³/mol. The molecule has 3 aromatic rings. The fraction of sp³-hybridized carbons (Fsp3) is 0.385. The summed E-state index contributed by atoms with van der Waals surface area (Å²) in [5.41, 5.74) is 6.41. The number of nitrogens with one attached hydrogen (secondary N) is 2. The van der Waals surface area contributed by atoms with Crippen LogP contribution >= 0.6 is 0 Å². The number of aryl methyl sites for hydroxylation is 3. The summed E-state index contributed by atoms with van der Waals surface area (Å²) < 4.78 is 16.7. The summed E-state index contributed by atoms with van der Waals surface area (Å²) in [6.45, 7) is 12.5. The van der Waals surface area contributed by atoms with Gasteiger partial charge >= 0.3 is 0 Å². The van der Waals surface area contributed by atoms with Crippen LogP contribution in [0.2, 0.25) is 0 Å². The smallest absolute Gasteiger partial charge is 0.206 e. The van der Waals surface area contributed by atoms with Gasteiger partial charge in [-0.15, -0.1) is 0 Å². The van der Waals surface area contributed by atoms with Crippen LogP contribution in [0.3, 0.4) is 0 Å². The average molecular weight is 498 g/mol. The maximum Gasteiger partial charge on any atom is 0.206 e. The van der Waals surface area contributed by atoms with Gasteiger partial charge in [-0.1, -0.05) is 0 Å². The SMILES string of the molecule is C=O.CNC=O.CNc1cc(CN2CCN(c3ccc(C)nc3C)CC2)cc(F)c1-n1nccc1C. The number of piperazine rings is 1. The summed E-state index contributed by atoms with van der Waals surface area (Å²) >= 11 is 0. The molecule has 3 heterocycles. The molecule has 0 unspecified atom stereocenters. The van der Waals surface area contributed by atoms with Gasteiger partial charge in [0, 0.05) is 64.4 Å². The van der Waals surface area contributed by atoms with Crippen molar-refractivity contribution in [3.63, 3.8) is 0 Å². The quantitative estimate of drug-likeness (QED) is 0.506. The first-order valence-corrected chi connectivity index (χ1v) is 11.7. The standard InChI is InChI=1S/C23H29FN6.C2H5NO.CH2O/c1-16-5-6-22(18(3)27-16)29-11-9-28(10-12-29)15-19-13-20(24)23(21(14-19)25-4)30-17(2)7-8-26-30;1-3-2-4;1-2/h5-8,13-14,25H,9-12,15H2,1-4H3;2H,1H3,(H,3,4);1H2. The third kappa shape index (κ3) is 7.11. The van der Waals surface area contributed by atoms with Crippen molar-refractivity contribution in [2.75, 3.05) is 50.5 Å². The van der Waals surface area contributed by atoms with Gasteiger partial charge in [0.2, 0.25) is 6.41 Å². The summed E-state index contributed by atoms with van der Waals surface area (Å²) in [6, 6.07) is 9.77. The van der Waals surface area contributed by atoms with E-state index in [1.807, 2.05) is 39.8 Å². The van der Waals surface area contributed by atoms with Crippen molar-refractivity contribution < 1.29 is 14.0 Å². The number of anilines is 2. The lowest BCUT2D eigenvalue weighted by molar-refractivity contribution is -0.109. The molecule has 0 atom stereocenters. The maximum atomic E-state index is 15.0. The van der Waals surface area contributed by atoms with Crippen LogP contribution in [0.1, 0.15) is 22.6 Å². The molecule has 0 saturated carbocycles. The fourth-order valence-corrected chi connectivity index (χ4v) is 4.17. The summed E-state index contributed by atoms with van der Waals surface area (Å²) in [7, 11) is 3.38. The van der Waals surface area contributed by atoms with E-state index in [0.29, 0.717) is 12.1 Å². The molecule has 0 spiro atoms. The predicted octanol–water partition coefficient (Wildman–Crippen LogP) is 2.87. The minimum absolute atomic E-state index is 0.261. The molecule has 1 amide bonds. The minimum atomic E-state index is -0.261. The molecule has 10 heteroatoms. The summed E-state index contributed by atoms with van der Waals surface area (Å²) in [5.74, 6) is -0.261. The number of aromatic nitrogens is 3. The van der Waals surface area contributed by atoms with Crippen LogP contribution in [0, 0.1) is 26.6 Å². The lowest BCUT2D eigenvalue weighted by Gasteiger charge is -2.36. The molecule has 36 heavy (non-hydrogen) atoms. The highest BCUT2D eigenvalue weighted by molar-refractivity contribution is 5.63. The lowest BCUT2D eigenvalue weighted by Crippen LogP contribution is -2.46. The first-order chi connectivity index (χ1) is 17.4. The van der Waals surface area contributed by atoms with E-state index >= 15 is 4.39 Å². The van der Waals surface area contributed by atoms with E-state index in [0.717, 1.165) is 61.1 Å². The Labute approximate surface area is 212 Å². The second-order valence-electron chi connectivity index (χ2n) is 8.34. The molecule has 1 aromatic carbocycles. The van der Waals surface area contributed by atoms with E-state index in [1.165, 1.54) is 5.69 Å². The highest BCUT2D eigenvalue weighted by atomic mass is 19.1. The third-order valence-corrected chi connectivity index (χ3v) is 5.87. The van der Waals surface area contributed by atoms with Crippen molar-refractivity contribution in [3.8, 4) is 5.69 Å². The van der Waals surface area contributed by atoms with Crippen molar-refractivity contribution >= 4 is 24.6 Å². The highest BCUT2D eigenvalue weighted by Gasteiger charge is 2.21. The summed E-state index contributed by atoms with van der Waals surface area (Å²) in [4.78, 5) is 26.4. The van der Waals surface area contributed by atoms with Crippen LogP contribution in [0.25, 0.3) is 5.69 Å². The second kappa shape index (κ2) is 13.9. The number of pyridine rings is 1. The molecule has 0 aliphatic carbocycles. The van der Waals surface area contributed by atoms with Gasteiger partial charge in [-0.25, -0.2) is 9.07 Å². The van der Waals surface area contributed by atoms with Crippen LogP contribution in [-0.2, 0) is 16.1 Å². The molecular weight excluding hydrogens is 461 g/mol. The number of hydrogen-bond acceptors (Lipinski definition) is 7. The molecule has 1 saturated heterocycles. The molecule has 2 N–H and O–H groups in total. The molecule has 0 bridgehead atoms. The fourth-order valence-electron chi connectivity index (χ4n) is 4.17. The van der Waals surface area contributed by atoms with E-state index in [9.17, 15) is 0 Å². The zero-order chi connectivity index (χ0) is 26.7. The number of benzene rings is 1. The minimum Gasteiger partial charge on any atom is -0.386 e. The molecular formula is C26H36FN7O2.